The van der Waals surface area contributed by atoms with E-state index in [0.29, 0.717) is 5.92 Å². The molecule has 1 heterocycles. The summed E-state index contributed by atoms with van der Waals surface area (Å²) in [6.07, 6.45) is 4.43. The molecule has 23 heavy (non-hydrogen) atoms. The summed E-state index contributed by atoms with van der Waals surface area (Å²) >= 11 is 0. The quantitative estimate of drug-likeness (QED) is 0.905. The maximum atomic E-state index is 12.7. The van der Waals surface area contributed by atoms with Crippen LogP contribution in [0.4, 0.5) is 5.69 Å². The molecule has 2 fully saturated rings. The number of nitrogens with zero attached hydrogens (tertiary/aromatic N) is 2. The lowest BCUT2D eigenvalue weighted by molar-refractivity contribution is -0.123. The molecular formula is C19H29N3O. The topological polar surface area (TPSA) is 35.6 Å². The molecule has 1 aromatic carbocycles. The number of nitrogens with one attached hydrogen (secondary N) is 1. The second kappa shape index (κ2) is 6.52. The molecule has 4 nitrogen and oxygen atoms in total. The van der Waals surface area contributed by atoms with E-state index in [2.05, 4.69) is 46.4 Å². The van der Waals surface area contributed by atoms with E-state index >= 15 is 0 Å². The number of anilines is 1. The highest BCUT2D eigenvalue weighted by atomic mass is 16.2. The number of carbonyl (C=O) groups is 1. The smallest absolute Gasteiger partial charge is 0.230 e. The van der Waals surface area contributed by atoms with Crippen LogP contribution >= 0.6 is 0 Å². The van der Waals surface area contributed by atoms with Crippen molar-refractivity contribution in [2.75, 3.05) is 45.7 Å². The van der Waals surface area contributed by atoms with Crippen LogP contribution in [-0.2, 0) is 10.2 Å². The van der Waals surface area contributed by atoms with Crippen molar-refractivity contribution >= 4 is 11.6 Å². The molecule has 1 atom stereocenters. The molecule has 4 heteroatoms. The fourth-order valence-corrected chi connectivity index (χ4v) is 3.70. The van der Waals surface area contributed by atoms with Gasteiger partial charge in [-0.05, 0) is 62.9 Å². The minimum absolute atomic E-state index is 0.225. The Bertz CT molecular complexity index is 548. The normalized spacial score (nSPS) is 23.3. The number of rotatable bonds is 5. The summed E-state index contributed by atoms with van der Waals surface area (Å²) in [5, 5.41) is 3.24. The summed E-state index contributed by atoms with van der Waals surface area (Å²) in [7, 11) is 6.24. The molecule has 1 amide bonds. The van der Waals surface area contributed by atoms with E-state index in [1.807, 2.05) is 14.1 Å². The second-order valence-electron chi connectivity index (χ2n) is 7.50. The van der Waals surface area contributed by atoms with Crippen molar-refractivity contribution in [1.29, 1.82) is 0 Å². The van der Waals surface area contributed by atoms with Crippen LogP contribution in [0.5, 0.6) is 0 Å². The second-order valence-corrected chi connectivity index (χ2v) is 7.50. The first-order valence-corrected chi connectivity index (χ1v) is 8.76. The molecular weight excluding hydrogens is 286 g/mol. The molecule has 1 N–H and O–H groups in total. The van der Waals surface area contributed by atoms with Gasteiger partial charge in [0.25, 0.3) is 0 Å². The van der Waals surface area contributed by atoms with Crippen LogP contribution in [0.1, 0.15) is 31.2 Å². The van der Waals surface area contributed by atoms with Gasteiger partial charge in [0.2, 0.25) is 5.91 Å². The van der Waals surface area contributed by atoms with Crippen molar-refractivity contribution in [3.8, 4) is 0 Å². The van der Waals surface area contributed by atoms with E-state index in [1.54, 1.807) is 0 Å². The first kappa shape index (κ1) is 16.3. The van der Waals surface area contributed by atoms with Crippen LogP contribution in [-0.4, -0.2) is 51.6 Å². The highest BCUT2D eigenvalue weighted by Gasteiger charge is 2.51. The Hall–Kier alpha value is -1.55. The minimum Gasteiger partial charge on any atom is -0.378 e. The zero-order chi connectivity index (χ0) is 16.4. The van der Waals surface area contributed by atoms with Gasteiger partial charge >= 0.3 is 0 Å². The molecule has 3 rings (SSSR count). The van der Waals surface area contributed by atoms with Gasteiger partial charge in [-0.25, -0.2) is 0 Å². The molecule has 1 aliphatic heterocycles. The molecule has 1 aliphatic carbocycles. The molecule has 0 radical (unpaired) electrons. The van der Waals surface area contributed by atoms with Crippen molar-refractivity contribution < 1.29 is 4.79 Å². The fraction of sp³-hybridized carbons (Fsp3) is 0.632. The van der Waals surface area contributed by atoms with Gasteiger partial charge in [-0.3, -0.25) is 4.79 Å². The van der Waals surface area contributed by atoms with Gasteiger partial charge in [0.15, 0.2) is 0 Å². The number of likely N-dealkylation sites (tertiary alicyclic amines) is 1. The number of benzene rings is 1. The monoisotopic (exact) mass is 315 g/mol. The average molecular weight is 315 g/mol. The first-order valence-electron chi connectivity index (χ1n) is 8.76. The maximum Gasteiger partial charge on any atom is 0.230 e. The molecule has 1 saturated heterocycles. The van der Waals surface area contributed by atoms with Gasteiger partial charge in [0.1, 0.15) is 0 Å². The SMILES string of the molecule is CN1CCCC(CNC(=O)C2(c3ccc(N(C)C)cc3)CC2)C1. The fourth-order valence-electron chi connectivity index (χ4n) is 3.70. The summed E-state index contributed by atoms with van der Waals surface area (Å²) in [6, 6.07) is 8.46. The lowest BCUT2D eigenvalue weighted by atomic mass is 9.93. The van der Waals surface area contributed by atoms with Gasteiger partial charge in [-0.2, -0.15) is 0 Å². The standard InChI is InChI=1S/C19H29N3O/c1-21(2)17-8-6-16(7-9-17)19(10-11-19)18(23)20-13-15-5-4-12-22(3)14-15/h6-9,15H,4-5,10-14H2,1-3H3,(H,20,23). The van der Waals surface area contributed by atoms with E-state index in [1.165, 1.54) is 30.6 Å². The Morgan fingerprint density at radius 3 is 2.57 bits per heavy atom. The maximum absolute atomic E-state index is 12.7. The average Bonchev–Trinajstić information content (AvgIpc) is 3.34. The zero-order valence-electron chi connectivity index (χ0n) is 14.6. The molecule has 1 aromatic rings. The van der Waals surface area contributed by atoms with E-state index < -0.39 is 0 Å². The number of carbonyl (C=O) groups excluding carboxylic acids is 1. The zero-order valence-corrected chi connectivity index (χ0v) is 14.6. The number of hydrogen-bond acceptors (Lipinski definition) is 3. The van der Waals surface area contributed by atoms with Gasteiger partial charge in [0, 0.05) is 32.9 Å². The third kappa shape index (κ3) is 3.52. The molecule has 2 aliphatic rings. The molecule has 0 aromatic heterocycles. The predicted octanol–water partition coefficient (Wildman–Crippen LogP) is 2.24. The Balaban J connectivity index is 1.60. The van der Waals surface area contributed by atoms with Crippen LogP contribution in [0.15, 0.2) is 24.3 Å². The van der Waals surface area contributed by atoms with E-state index in [0.717, 1.165) is 25.9 Å². The molecule has 126 valence electrons. The number of hydrogen-bond donors (Lipinski definition) is 1. The Labute approximate surface area is 139 Å². The number of piperidine rings is 1. The largest absolute Gasteiger partial charge is 0.378 e. The summed E-state index contributed by atoms with van der Waals surface area (Å²) in [6.45, 7) is 3.11. The third-order valence-electron chi connectivity index (χ3n) is 5.39. The van der Waals surface area contributed by atoms with E-state index in [4.69, 9.17) is 0 Å². The highest BCUT2D eigenvalue weighted by Crippen LogP contribution is 2.48. The van der Waals surface area contributed by atoms with Crippen molar-refractivity contribution in [1.82, 2.24) is 10.2 Å². The van der Waals surface area contributed by atoms with Gasteiger partial charge in [-0.1, -0.05) is 12.1 Å². The summed E-state index contributed by atoms with van der Waals surface area (Å²) in [4.78, 5) is 17.2. The van der Waals surface area contributed by atoms with E-state index in [9.17, 15) is 4.79 Å². The summed E-state index contributed by atoms with van der Waals surface area (Å²) in [5.74, 6) is 0.827. The minimum atomic E-state index is -0.259. The first-order chi connectivity index (χ1) is 11.0. The summed E-state index contributed by atoms with van der Waals surface area (Å²) in [5.41, 5.74) is 2.09. The van der Waals surface area contributed by atoms with Crippen LogP contribution < -0.4 is 10.2 Å². The van der Waals surface area contributed by atoms with Gasteiger partial charge in [0.05, 0.1) is 5.41 Å². The lowest BCUT2D eigenvalue weighted by Crippen LogP contribution is -2.42. The molecule has 0 spiro atoms. The van der Waals surface area contributed by atoms with E-state index in [-0.39, 0.29) is 11.3 Å². The Morgan fingerprint density at radius 1 is 1.30 bits per heavy atom. The Morgan fingerprint density at radius 2 is 2.00 bits per heavy atom. The molecule has 1 unspecified atom stereocenters. The van der Waals surface area contributed by atoms with Crippen LogP contribution in [0.3, 0.4) is 0 Å². The third-order valence-corrected chi connectivity index (χ3v) is 5.39. The lowest BCUT2D eigenvalue weighted by Gasteiger charge is -2.30. The Kier molecular flexibility index (Phi) is 4.62. The molecule has 0 bridgehead atoms. The molecule has 1 saturated carbocycles. The van der Waals surface area contributed by atoms with Gasteiger partial charge in [-0.15, -0.1) is 0 Å². The van der Waals surface area contributed by atoms with Crippen LogP contribution in [0.25, 0.3) is 0 Å². The van der Waals surface area contributed by atoms with Crippen molar-refractivity contribution in [2.24, 2.45) is 5.92 Å². The number of amides is 1. The summed E-state index contributed by atoms with van der Waals surface area (Å²) < 4.78 is 0. The van der Waals surface area contributed by atoms with Crippen LogP contribution in [0, 0.1) is 5.92 Å². The predicted molar refractivity (Wildman–Crippen MR) is 94.9 cm³/mol. The van der Waals surface area contributed by atoms with Crippen molar-refractivity contribution in [2.45, 2.75) is 31.1 Å². The highest BCUT2D eigenvalue weighted by molar-refractivity contribution is 5.91. The van der Waals surface area contributed by atoms with Gasteiger partial charge < -0.3 is 15.1 Å². The van der Waals surface area contributed by atoms with Crippen LogP contribution in [0.2, 0.25) is 0 Å². The van der Waals surface area contributed by atoms with Crippen molar-refractivity contribution in [3.05, 3.63) is 29.8 Å². The van der Waals surface area contributed by atoms with Crippen molar-refractivity contribution in [3.63, 3.8) is 0 Å².